The normalized spacial score (nSPS) is 14.0. The minimum Gasteiger partial charge on any atom is -0.454 e. The summed E-state index contributed by atoms with van der Waals surface area (Å²) in [5.41, 5.74) is 2.20. The molecular formula is C15H14N4O3S. The smallest absolute Gasteiger partial charge is 0.300 e. The average molecular weight is 330 g/mol. The van der Waals surface area contributed by atoms with Gasteiger partial charge in [0.1, 0.15) is 0 Å². The SMILES string of the molecule is Cc1cc(C(=O)N=c2sc3cc4c(cc3n2C)OCO4)nn1C. The van der Waals surface area contributed by atoms with Crippen LogP contribution in [0.3, 0.4) is 0 Å². The summed E-state index contributed by atoms with van der Waals surface area (Å²) in [6.45, 7) is 2.13. The Morgan fingerprint density at radius 2 is 2.00 bits per heavy atom. The van der Waals surface area contributed by atoms with Gasteiger partial charge in [-0.25, -0.2) is 0 Å². The lowest BCUT2D eigenvalue weighted by molar-refractivity contribution is 0.0992. The Balaban J connectivity index is 1.82. The van der Waals surface area contributed by atoms with Gasteiger partial charge in [-0.3, -0.25) is 9.48 Å². The van der Waals surface area contributed by atoms with Gasteiger partial charge in [0.05, 0.1) is 10.2 Å². The van der Waals surface area contributed by atoms with Crippen LogP contribution < -0.4 is 14.3 Å². The number of ether oxygens (including phenoxy) is 2. The van der Waals surface area contributed by atoms with Crippen molar-refractivity contribution in [3.8, 4) is 11.5 Å². The van der Waals surface area contributed by atoms with Crippen molar-refractivity contribution < 1.29 is 14.3 Å². The molecule has 23 heavy (non-hydrogen) atoms. The van der Waals surface area contributed by atoms with E-state index in [-0.39, 0.29) is 12.7 Å². The van der Waals surface area contributed by atoms with E-state index in [1.54, 1.807) is 17.8 Å². The topological polar surface area (TPSA) is 70.6 Å². The number of hydrogen-bond donors (Lipinski definition) is 0. The van der Waals surface area contributed by atoms with Crippen molar-refractivity contribution in [2.45, 2.75) is 6.92 Å². The lowest BCUT2D eigenvalue weighted by atomic mass is 10.3. The monoisotopic (exact) mass is 330 g/mol. The van der Waals surface area contributed by atoms with E-state index >= 15 is 0 Å². The number of nitrogens with zero attached hydrogens (tertiary/aromatic N) is 4. The second-order valence-electron chi connectivity index (χ2n) is 5.33. The molecule has 0 aliphatic carbocycles. The molecule has 0 bridgehead atoms. The third-order valence-electron chi connectivity index (χ3n) is 3.83. The lowest BCUT2D eigenvalue weighted by Crippen LogP contribution is -2.13. The molecule has 7 nitrogen and oxygen atoms in total. The zero-order valence-corrected chi connectivity index (χ0v) is 13.7. The molecule has 0 saturated heterocycles. The van der Waals surface area contributed by atoms with E-state index in [2.05, 4.69) is 10.1 Å². The van der Waals surface area contributed by atoms with Crippen molar-refractivity contribution >= 4 is 27.5 Å². The summed E-state index contributed by atoms with van der Waals surface area (Å²) in [5.74, 6) is 1.08. The second-order valence-corrected chi connectivity index (χ2v) is 6.34. The molecule has 0 fully saturated rings. The average Bonchev–Trinajstić information content (AvgIpc) is 3.18. The number of benzene rings is 1. The second kappa shape index (κ2) is 4.95. The van der Waals surface area contributed by atoms with Crippen LogP contribution in [0.2, 0.25) is 0 Å². The van der Waals surface area contributed by atoms with Gasteiger partial charge in [-0.15, -0.1) is 0 Å². The Bertz CT molecular complexity index is 992. The zero-order chi connectivity index (χ0) is 16.1. The minimum absolute atomic E-state index is 0.241. The first-order valence-corrected chi connectivity index (χ1v) is 7.83. The maximum atomic E-state index is 12.3. The molecule has 3 heterocycles. The van der Waals surface area contributed by atoms with E-state index in [0.29, 0.717) is 16.2 Å². The molecule has 0 radical (unpaired) electrons. The molecule has 0 saturated carbocycles. The summed E-state index contributed by atoms with van der Waals surface area (Å²) in [6, 6.07) is 5.55. The highest BCUT2D eigenvalue weighted by atomic mass is 32.1. The molecule has 3 aromatic rings. The third-order valence-corrected chi connectivity index (χ3v) is 4.93. The highest BCUT2D eigenvalue weighted by Gasteiger charge is 2.17. The quantitative estimate of drug-likeness (QED) is 0.681. The number of fused-ring (bicyclic) bond motifs is 2. The van der Waals surface area contributed by atoms with Crippen LogP contribution in [0.5, 0.6) is 11.5 Å². The highest BCUT2D eigenvalue weighted by molar-refractivity contribution is 7.16. The van der Waals surface area contributed by atoms with Crippen molar-refractivity contribution in [3.05, 3.63) is 34.4 Å². The van der Waals surface area contributed by atoms with Gasteiger partial charge in [0, 0.05) is 31.9 Å². The van der Waals surface area contributed by atoms with E-state index in [0.717, 1.165) is 21.7 Å². The van der Waals surface area contributed by atoms with Crippen molar-refractivity contribution in [1.29, 1.82) is 0 Å². The molecule has 118 valence electrons. The summed E-state index contributed by atoms with van der Waals surface area (Å²) < 4.78 is 15.3. The molecule has 0 atom stereocenters. The molecule has 1 aliphatic heterocycles. The first kappa shape index (κ1) is 14.0. The molecule has 4 rings (SSSR count). The Morgan fingerprint density at radius 1 is 1.26 bits per heavy atom. The molecule has 0 unspecified atom stereocenters. The molecular weight excluding hydrogens is 316 g/mol. The van der Waals surface area contributed by atoms with Crippen LogP contribution in [0.4, 0.5) is 0 Å². The Kier molecular flexibility index (Phi) is 3.02. The molecule has 2 aromatic heterocycles. The largest absolute Gasteiger partial charge is 0.454 e. The van der Waals surface area contributed by atoms with Gasteiger partial charge in [-0.1, -0.05) is 11.3 Å². The number of thiazole rings is 1. The number of hydrogen-bond acceptors (Lipinski definition) is 5. The summed E-state index contributed by atoms with van der Waals surface area (Å²) in [4.78, 5) is 17.1. The molecule has 1 aromatic carbocycles. The summed E-state index contributed by atoms with van der Waals surface area (Å²) in [6.07, 6.45) is 0. The molecule has 0 spiro atoms. The van der Waals surface area contributed by atoms with Gasteiger partial charge in [-0.05, 0) is 13.0 Å². The van der Waals surface area contributed by atoms with Gasteiger partial charge in [0.15, 0.2) is 22.0 Å². The van der Waals surface area contributed by atoms with E-state index in [9.17, 15) is 4.79 Å². The third kappa shape index (κ3) is 2.22. The maximum Gasteiger partial charge on any atom is 0.300 e. The first-order chi connectivity index (χ1) is 11.0. The van der Waals surface area contributed by atoms with Gasteiger partial charge in [0.25, 0.3) is 5.91 Å². The van der Waals surface area contributed by atoms with E-state index in [4.69, 9.17) is 9.47 Å². The Morgan fingerprint density at radius 3 is 2.70 bits per heavy atom. The van der Waals surface area contributed by atoms with Crippen LogP contribution in [-0.2, 0) is 14.1 Å². The van der Waals surface area contributed by atoms with Crippen LogP contribution in [0.25, 0.3) is 10.2 Å². The van der Waals surface area contributed by atoms with Gasteiger partial charge < -0.3 is 14.0 Å². The summed E-state index contributed by atoms with van der Waals surface area (Å²) in [5, 5.41) is 4.17. The maximum absolute atomic E-state index is 12.3. The van der Waals surface area contributed by atoms with Gasteiger partial charge in [0.2, 0.25) is 6.79 Å². The Hall–Kier alpha value is -2.61. The van der Waals surface area contributed by atoms with Crippen molar-refractivity contribution in [2.24, 2.45) is 19.1 Å². The number of aromatic nitrogens is 3. The standard InChI is InChI=1S/C15H14N4O3S/c1-8-4-9(17-19(8)3)14(20)16-15-18(2)10-5-11-12(22-7-21-11)6-13(10)23-15/h4-6H,7H2,1-3H3. The number of carbonyl (C=O) groups excluding carboxylic acids is 1. The lowest BCUT2D eigenvalue weighted by Gasteiger charge is -1.98. The summed E-state index contributed by atoms with van der Waals surface area (Å²) in [7, 11) is 3.67. The van der Waals surface area contributed by atoms with Gasteiger partial charge >= 0.3 is 0 Å². The van der Waals surface area contributed by atoms with Crippen LogP contribution in [0.1, 0.15) is 16.2 Å². The molecule has 1 amide bonds. The van der Waals surface area contributed by atoms with E-state index in [1.807, 2.05) is 30.7 Å². The van der Waals surface area contributed by atoms with Crippen LogP contribution in [0, 0.1) is 6.92 Å². The fourth-order valence-corrected chi connectivity index (χ4v) is 3.46. The van der Waals surface area contributed by atoms with Crippen molar-refractivity contribution in [2.75, 3.05) is 6.79 Å². The van der Waals surface area contributed by atoms with Crippen LogP contribution in [0.15, 0.2) is 23.2 Å². The predicted octanol–water partition coefficient (Wildman–Crippen LogP) is 1.75. The fourth-order valence-electron chi connectivity index (χ4n) is 2.43. The molecule has 0 N–H and O–H groups in total. The minimum atomic E-state index is -0.351. The van der Waals surface area contributed by atoms with Crippen molar-refractivity contribution in [1.82, 2.24) is 14.3 Å². The first-order valence-electron chi connectivity index (χ1n) is 7.02. The van der Waals surface area contributed by atoms with Crippen molar-refractivity contribution in [3.63, 3.8) is 0 Å². The number of aryl methyl sites for hydroxylation is 3. The fraction of sp³-hybridized carbons (Fsp3) is 0.267. The summed E-state index contributed by atoms with van der Waals surface area (Å²) >= 11 is 1.43. The van der Waals surface area contributed by atoms with E-state index in [1.165, 1.54) is 11.3 Å². The number of rotatable bonds is 1. The number of amides is 1. The van der Waals surface area contributed by atoms with Gasteiger partial charge in [-0.2, -0.15) is 10.1 Å². The van der Waals surface area contributed by atoms with Crippen LogP contribution >= 0.6 is 11.3 Å². The van der Waals surface area contributed by atoms with Crippen LogP contribution in [-0.4, -0.2) is 27.0 Å². The highest BCUT2D eigenvalue weighted by Crippen LogP contribution is 2.36. The number of carbonyl (C=O) groups is 1. The molecule has 1 aliphatic rings. The zero-order valence-electron chi connectivity index (χ0n) is 12.9. The van der Waals surface area contributed by atoms with E-state index < -0.39 is 0 Å². The predicted molar refractivity (Wildman–Crippen MR) is 84.8 cm³/mol. The molecule has 8 heteroatoms. The Labute approximate surface area is 135 Å².